The number of non-ortho nitro benzene ring substituents is 1. The second-order valence-corrected chi connectivity index (χ2v) is 5.02. The summed E-state index contributed by atoms with van der Waals surface area (Å²) in [6.07, 6.45) is -0.491. The first kappa shape index (κ1) is 16.1. The summed E-state index contributed by atoms with van der Waals surface area (Å²) < 4.78 is 25.9. The van der Waals surface area contributed by atoms with E-state index in [1.54, 1.807) is 12.1 Å². The highest BCUT2D eigenvalue weighted by atomic mass is 19.3. The molecule has 1 atom stereocenters. The van der Waals surface area contributed by atoms with Gasteiger partial charge in [0.25, 0.3) is 11.6 Å². The fourth-order valence-corrected chi connectivity index (χ4v) is 2.12. The Hall–Kier alpha value is -2.29. The number of alkyl halides is 2. The number of hydrogen-bond acceptors (Lipinski definition) is 5. The number of benzene rings is 1. The zero-order chi connectivity index (χ0) is 16.2. The quantitative estimate of drug-likeness (QED) is 0.415. The van der Waals surface area contributed by atoms with Crippen molar-refractivity contribution in [1.29, 1.82) is 0 Å². The second kappa shape index (κ2) is 6.65. The summed E-state index contributed by atoms with van der Waals surface area (Å²) in [6.45, 7) is 0.165. The third kappa shape index (κ3) is 4.35. The van der Waals surface area contributed by atoms with Gasteiger partial charge in [-0.15, -0.1) is 0 Å². The van der Waals surface area contributed by atoms with Crippen LogP contribution >= 0.6 is 0 Å². The maximum atomic E-state index is 13.0. The molecule has 1 aromatic carbocycles. The van der Waals surface area contributed by atoms with Gasteiger partial charge < -0.3 is 10.6 Å². The van der Waals surface area contributed by atoms with Gasteiger partial charge in [-0.05, 0) is 12.1 Å². The van der Waals surface area contributed by atoms with Crippen molar-refractivity contribution in [2.45, 2.75) is 18.4 Å². The Labute approximate surface area is 125 Å². The Morgan fingerprint density at radius 2 is 2.05 bits per heavy atom. The number of hydrogen-bond donors (Lipinski definition) is 3. The first-order valence-electron chi connectivity index (χ1n) is 6.75. The van der Waals surface area contributed by atoms with E-state index in [1.165, 1.54) is 12.1 Å². The van der Waals surface area contributed by atoms with E-state index in [0.717, 1.165) is 0 Å². The number of nitrogens with zero attached hydrogens (tertiary/aromatic N) is 1. The fourth-order valence-electron chi connectivity index (χ4n) is 2.12. The minimum atomic E-state index is -2.83. The summed E-state index contributed by atoms with van der Waals surface area (Å²) in [5.41, 5.74) is 0.664. The van der Waals surface area contributed by atoms with E-state index in [-0.39, 0.29) is 12.2 Å². The van der Waals surface area contributed by atoms with Crippen molar-refractivity contribution in [2.24, 2.45) is 0 Å². The normalized spacial score (nSPS) is 19.6. The Bertz CT molecular complexity index is 551. The van der Waals surface area contributed by atoms with Crippen molar-refractivity contribution in [1.82, 2.24) is 10.6 Å². The summed E-state index contributed by atoms with van der Waals surface area (Å²) >= 11 is 0. The third-order valence-electron chi connectivity index (χ3n) is 3.26. The summed E-state index contributed by atoms with van der Waals surface area (Å²) in [5, 5.41) is 18.5. The molecular weight excluding hydrogens is 298 g/mol. The van der Waals surface area contributed by atoms with Crippen LogP contribution in [0.1, 0.15) is 6.42 Å². The van der Waals surface area contributed by atoms with Crippen LogP contribution in [0.5, 0.6) is 0 Å². The number of nitrogens with one attached hydrogen (secondary N) is 3. The van der Waals surface area contributed by atoms with Gasteiger partial charge in [0.15, 0.2) is 0 Å². The summed E-state index contributed by atoms with van der Waals surface area (Å²) in [5.74, 6) is -3.29. The lowest BCUT2D eigenvalue weighted by Crippen LogP contribution is -2.42. The minimum absolute atomic E-state index is 0.00733. The van der Waals surface area contributed by atoms with Crippen LogP contribution < -0.4 is 16.0 Å². The molecule has 1 amide bonds. The maximum Gasteiger partial charge on any atom is 0.269 e. The monoisotopic (exact) mass is 314 g/mol. The highest BCUT2D eigenvalue weighted by molar-refractivity contribution is 5.82. The summed E-state index contributed by atoms with van der Waals surface area (Å²) in [4.78, 5) is 21.7. The Balaban J connectivity index is 1.69. The summed E-state index contributed by atoms with van der Waals surface area (Å²) in [6, 6.07) is 4.98. The molecule has 1 unspecified atom stereocenters. The molecule has 0 bridgehead atoms. The van der Waals surface area contributed by atoms with Gasteiger partial charge in [0.05, 0.1) is 17.5 Å². The molecule has 7 nitrogen and oxygen atoms in total. The van der Waals surface area contributed by atoms with E-state index in [0.29, 0.717) is 12.2 Å². The maximum absolute atomic E-state index is 13.0. The van der Waals surface area contributed by atoms with Crippen LogP contribution in [-0.2, 0) is 4.79 Å². The van der Waals surface area contributed by atoms with Gasteiger partial charge in [0, 0.05) is 37.3 Å². The van der Waals surface area contributed by atoms with Crippen LogP contribution in [0.3, 0.4) is 0 Å². The standard InChI is InChI=1S/C13H16F2N4O3/c14-13(15)7-11(18-8-13)12(20)17-6-5-16-9-1-3-10(4-2-9)19(21)22/h1-4,11,16,18H,5-8H2,(H,17,20). The molecule has 0 aliphatic carbocycles. The second-order valence-electron chi connectivity index (χ2n) is 5.02. The van der Waals surface area contributed by atoms with Gasteiger partial charge in [-0.2, -0.15) is 0 Å². The van der Waals surface area contributed by atoms with Gasteiger partial charge in [0.2, 0.25) is 5.91 Å². The van der Waals surface area contributed by atoms with Crippen molar-refractivity contribution >= 4 is 17.3 Å². The highest BCUT2D eigenvalue weighted by Crippen LogP contribution is 2.24. The van der Waals surface area contributed by atoms with Crippen LogP contribution in [0.4, 0.5) is 20.2 Å². The van der Waals surface area contributed by atoms with Gasteiger partial charge in [-0.25, -0.2) is 8.78 Å². The van der Waals surface area contributed by atoms with Crippen molar-refractivity contribution in [2.75, 3.05) is 25.0 Å². The zero-order valence-electron chi connectivity index (χ0n) is 11.6. The van der Waals surface area contributed by atoms with Gasteiger partial charge in [0.1, 0.15) is 0 Å². The molecule has 3 N–H and O–H groups in total. The molecule has 0 aromatic heterocycles. The van der Waals surface area contributed by atoms with Crippen molar-refractivity contribution in [3.8, 4) is 0 Å². The number of carbonyl (C=O) groups is 1. The SMILES string of the molecule is O=C(NCCNc1ccc([N+](=O)[O-])cc1)C1CC(F)(F)CN1. The molecular formula is C13H16F2N4O3. The average Bonchev–Trinajstić information content (AvgIpc) is 2.84. The molecule has 1 fully saturated rings. The Morgan fingerprint density at radius 1 is 1.36 bits per heavy atom. The molecule has 0 saturated carbocycles. The summed E-state index contributed by atoms with van der Waals surface area (Å²) in [7, 11) is 0. The van der Waals surface area contributed by atoms with E-state index in [2.05, 4.69) is 16.0 Å². The van der Waals surface area contributed by atoms with Crippen molar-refractivity contribution < 1.29 is 18.5 Å². The predicted octanol–water partition coefficient (Wildman–Crippen LogP) is 1.12. The first-order valence-corrected chi connectivity index (χ1v) is 6.75. The molecule has 1 saturated heterocycles. The number of nitro benzene ring substituents is 1. The van der Waals surface area contributed by atoms with Crippen molar-refractivity contribution in [3.63, 3.8) is 0 Å². The number of rotatable bonds is 6. The van der Waals surface area contributed by atoms with E-state index in [4.69, 9.17) is 0 Å². The average molecular weight is 314 g/mol. The molecule has 0 radical (unpaired) electrons. The topological polar surface area (TPSA) is 96.3 Å². The minimum Gasteiger partial charge on any atom is -0.383 e. The molecule has 1 heterocycles. The number of halogens is 2. The van der Waals surface area contributed by atoms with E-state index in [9.17, 15) is 23.7 Å². The van der Waals surface area contributed by atoms with E-state index < -0.39 is 35.8 Å². The molecule has 1 aromatic rings. The fraction of sp³-hybridized carbons (Fsp3) is 0.462. The third-order valence-corrected chi connectivity index (χ3v) is 3.26. The Kier molecular flexibility index (Phi) is 4.86. The zero-order valence-corrected chi connectivity index (χ0v) is 11.6. The van der Waals surface area contributed by atoms with Gasteiger partial charge in [-0.1, -0.05) is 0 Å². The van der Waals surface area contributed by atoms with Gasteiger partial charge in [-0.3, -0.25) is 20.2 Å². The predicted molar refractivity (Wildman–Crippen MR) is 76.0 cm³/mol. The Morgan fingerprint density at radius 3 is 2.59 bits per heavy atom. The number of nitro groups is 1. The molecule has 0 spiro atoms. The molecule has 1 aliphatic rings. The van der Waals surface area contributed by atoms with E-state index >= 15 is 0 Å². The van der Waals surface area contributed by atoms with E-state index in [1.807, 2.05) is 0 Å². The number of amides is 1. The lowest BCUT2D eigenvalue weighted by Gasteiger charge is -2.12. The molecule has 9 heteroatoms. The van der Waals surface area contributed by atoms with Crippen molar-refractivity contribution in [3.05, 3.63) is 34.4 Å². The van der Waals surface area contributed by atoms with Crippen LogP contribution in [0.25, 0.3) is 0 Å². The molecule has 22 heavy (non-hydrogen) atoms. The van der Waals surface area contributed by atoms with Gasteiger partial charge >= 0.3 is 0 Å². The number of carbonyl (C=O) groups excluding carboxylic acids is 1. The molecule has 1 aliphatic heterocycles. The first-order chi connectivity index (χ1) is 10.4. The van der Waals surface area contributed by atoms with Crippen LogP contribution in [0, 0.1) is 10.1 Å². The molecule has 120 valence electrons. The lowest BCUT2D eigenvalue weighted by molar-refractivity contribution is -0.384. The van der Waals surface area contributed by atoms with Crippen LogP contribution in [0.2, 0.25) is 0 Å². The highest BCUT2D eigenvalue weighted by Gasteiger charge is 2.42. The molecule has 2 rings (SSSR count). The number of anilines is 1. The van der Waals surface area contributed by atoms with Crippen LogP contribution in [-0.4, -0.2) is 42.4 Å². The largest absolute Gasteiger partial charge is 0.383 e. The van der Waals surface area contributed by atoms with Crippen LogP contribution in [0.15, 0.2) is 24.3 Å². The smallest absolute Gasteiger partial charge is 0.269 e. The lowest BCUT2D eigenvalue weighted by atomic mass is 10.2.